The van der Waals surface area contributed by atoms with Crippen LogP contribution in [0.3, 0.4) is 0 Å². The van der Waals surface area contributed by atoms with Crippen LogP contribution < -0.4 is 9.47 Å². The summed E-state index contributed by atoms with van der Waals surface area (Å²) in [4.78, 5) is 0. The number of allylic oxidation sites excluding steroid dienone is 1. The third-order valence-electron chi connectivity index (χ3n) is 5.72. The van der Waals surface area contributed by atoms with E-state index >= 15 is 0 Å². The highest BCUT2D eigenvalue weighted by Crippen LogP contribution is 2.22. The Morgan fingerprint density at radius 1 is 0.606 bits per heavy atom. The Bertz CT molecular complexity index is 765. The molecule has 0 heterocycles. The highest BCUT2D eigenvalue weighted by atomic mass is 16.5. The molecule has 0 atom stereocenters. The van der Waals surface area contributed by atoms with Gasteiger partial charge in [-0.25, -0.2) is 0 Å². The molecule has 0 saturated carbocycles. The first-order valence-corrected chi connectivity index (χ1v) is 12.6. The summed E-state index contributed by atoms with van der Waals surface area (Å²) in [6, 6.07) is 16.6. The van der Waals surface area contributed by atoms with E-state index in [1.54, 1.807) is 0 Å². The number of hydrogen-bond acceptors (Lipinski definition) is 4. The number of hydrogen-bond donors (Lipinski definition) is 2. The number of aliphatic hydroxyl groups excluding tert-OH is 2. The van der Waals surface area contributed by atoms with Crippen molar-refractivity contribution in [2.24, 2.45) is 0 Å². The van der Waals surface area contributed by atoms with E-state index in [0.29, 0.717) is 13.2 Å². The summed E-state index contributed by atoms with van der Waals surface area (Å²) in [7, 11) is 0. The van der Waals surface area contributed by atoms with Gasteiger partial charge in [-0.05, 0) is 73.6 Å². The summed E-state index contributed by atoms with van der Waals surface area (Å²) >= 11 is 0. The van der Waals surface area contributed by atoms with Crippen LogP contribution in [0.5, 0.6) is 11.5 Å². The predicted octanol–water partition coefficient (Wildman–Crippen LogP) is 6.89. The van der Waals surface area contributed by atoms with Crippen molar-refractivity contribution in [3.05, 3.63) is 59.7 Å². The molecule has 0 bridgehead atoms. The maximum Gasteiger partial charge on any atom is 0.119 e. The Kier molecular flexibility index (Phi) is 14.1. The van der Waals surface area contributed by atoms with Gasteiger partial charge in [0, 0.05) is 13.2 Å². The first kappa shape index (κ1) is 26.9. The predicted molar refractivity (Wildman–Crippen MR) is 138 cm³/mol. The van der Waals surface area contributed by atoms with E-state index in [9.17, 15) is 0 Å². The summed E-state index contributed by atoms with van der Waals surface area (Å²) in [5, 5.41) is 17.6. The van der Waals surface area contributed by atoms with Crippen molar-refractivity contribution in [3.8, 4) is 11.5 Å². The van der Waals surface area contributed by atoms with Crippen LogP contribution in [0.1, 0.15) is 82.3 Å². The van der Waals surface area contributed by atoms with Crippen LogP contribution in [0, 0.1) is 0 Å². The molecule has 0 fully saturated rings. The Morgan fingerprint density at radius 3 is 1.52 bits per heavy atom. The second-order valence-corrected chi connectivity index (χ2v) is 8.60. The van der Waals surface area contributed by atoms with Crippen molar-refractivity contribution < 1.29 is 19.7 Å². The van der Waals surface area contributed by atoms with Gasteiger partial charge in [0.25, 0.3) is 0 Å². The molecule has 0 saturated heterocycles. The van der Waals surface area contributed by atoms with Crippen LogP contribution in [0.2, 0.25) is 0 Å². The minimum atomic E-state index is 0.296. The molecular formula is C29H42O4. The SMILES string of the molecule is C/C(=C/c1ccc(OCCCCCCCO)cc1)c1ccc(OCCCCCCCO)cc1. The van der Waals surface area contributed by atoms with Gasteiger partial charge in [-0.1, -0.05) is 68.9 Å². The zero-order chi connectivity index (χ0) is 23.6. The molecule has 0 aromatic heterocycles. The molecule has 0 aliphatic rings. The third kappa shape index (κ3) is 11.9. The molecule has 0 amide bonds. The van der Waals surface area contributed by atoms with E-state index in [1.165, 1.54) is 11.1 Å². The van der Waals surface area contributed by atoms with E-state index in [0.717, 1.165) is 94.5 Å². The zero-order valence-corrected chi connectivity index (χ0v) is 20.3. The normalized spacial score (nSPS) is 11.5. The lowest BCUT2D eigenvalue weighted by atomic mass is 10.0. The summed E-state index contributed by atoms with van der Waals surface area (Å²) in [6.07, 6.45) is 12.9. The maximum absolute atomic E-state index is 8.80. The van der Waals surface area contributed by atoms with Crippen molar-refractivity contribution in [1.82, 2.24) is 0 Å². The van der Waals surface area contributed by atoms with Gasteiger partial charge in [0.15, 0.2) is 0 Å². The van der Waals surface area contributed by atoms with E-state index < -0.39 is 0 Å². The van der Waals surface area contributed by atoms with Crippen LogP contribution in [-0.2, 0) is 0 Å². The maximum atomic E-state index is 8.80. The lowest BCUT2D eigenvalue weighted by Crippen LogP contribution is -1.97. The van der Waals surface area contributed by atoms with Crippen LogP contribution in [-0.4, -0.2) is 36.6 Å². The molecule has 4 heteroatoms. The smallest absolute Gasteiger partial charge is 0.119 e. The zero-order valence-electron chi connectivity index (χ0n) is 20.3. The van der Waals surface area contributed by atoms with Crippen molar-refractivity contribution in [1.29, 1.82) is 0 Å². The second-order valence-electron chi connectivity index (χ2n) is 8.60. The molecule has 0 aliphatic heterocycles. The minimum Gasteiger partial charge on any atom is -0.494 e. The van der Waals surface area contributed by atoms with Crippen LogP contribution >= 0.6 is 0 Å². The van der Waals surface area contributed by atoms with Gasteiger partial charge in [0.1, 0.15) is 11.5 Å². The highest BCUT2D eigenvalue weighted by Gasteiger charge is 2.00. The van der Waals surface area contributed by atoms with Gasteiger partial charge in [-0.3, -0.25) is 0 Å². The minimum absolute atomic E-state index is 0.296. The fraction of sp³-hybridized carbons (Fsp3) is 0.517. The van der Waals surface area contributed by atoms with E-state index in [4.69, 9.17) is 19.7 Å². The third-order valence-corrected chi connectivity index (χ3v) is 5.72. The first-order valence-electron chi connectivity index (χ1n) is 12.6. The Balaban J connectivity index is 1.71. The molecule has 4 nitrogen and oxygen atoms in total. The second kappa shape index (κ2) is 17.2. The van der Waals surface area contributed by atoms with E-state index in [2.05, 4.69) is 37.3 Å². The van der Waals surface area contributed by atoms with E-state index in [1.807, 2.05) is 24.3 Å². The average molecular weight is 455 g/mol. The van der Waals surface area contributed by atoms with Gasteiger partial charge in [0.05, 0.1) is 13.2 Å². The number of unbranched alkanes of at least 4 members (excludes halogenated alkanes) is 8. The van der Waals surface area contributed by atoms with Crippen molar-refractivity contribution in [2.45, 2.75) is 71.1 Å². The van der Waals surface area contributed by atoms with Crippen LogP contribution in [0.4, 0.5) is 0 Å². The van der Waals surface area contributed by atoms with Gasteiger partial charge < -0.3 is 19.7 Å². The fourth-order valence-corrected chi connectivity index (χ4v) is 3.68. The van der Waals surface area contributed by atoms with Crippen LogP contribution in [0.25, 0.3) is 11.6 Å². The van der Waals surface area contributed by atoms with Crippen molar-refractivity contribution in [2.75, 3.05) is 26.4 Å². The Labute approximate surface area is 200 Å². The van der Waals surface area contributed by atoms with Crippen LogP contribution in [0.15, 0.2) is 48.5 Å². The molecule has 2 rings (SSSR count). The molecule has 0 unspecified atom stereocenters. The van der Waals surface area contributed by atoms with Gasteiger partial charge in [0.2, 0.25) is 0 Å². The fourth-order valence-electron chi connectivity index (χ4n) is 3.68. The Hall–Kier alpha value is -2.30. The lowest BCUT2D eigenvalue weighted by Gasteiger charge is -2.08. The average Bonchev–Trinajstić information content (AvgIpc) is 2.84. The quantitative estimate of drug-likeness (QED) is 0.190. The molecule has 0 radical (unpaired) electrons. The standard InChI is InChI=1S/C29H42O4/c1-25(27-14-18-29(19-15-27)33-23-11-7-3-5-9-21-31)24-26-12-16-28(17-13-26)32-22-10-6-2-4-8-20-30/h12-19,24,30-31H,2-11,20-23H2,1H3/b25-24-. The molecular weight excluding hydrogens is 412 g/mol. The topological polar surface area (TPSA) is 58.9 Å². The molecule has 182 valence electrons. The number of benzene rings is 2. The van der Waals surface area contributed by atoms with E-state index in [-0.39, 0.29) is 0 Å². The number of ether oxygens (including phenoxy) is 2. The van der Waals surface area contributed by atoms with Crippen molar-refractivity contribution in [3.63, 3.8) is 0 Å². The van der Waals surface area contributed by atoms with Crippen molar-refractivity contribution >= 4 is 11.6 Å². The molecule has 2 aromatic rings. The van der Waals surface area contributed by atoms with Gasteiger partial charge >= 0.3 is 0 Å². The molecule has 0 spiro atoms. The summed E-state index contributed by atoms with van der Waals surface area (Å²) in [5.41, 5.74) is 3.56. The van der Waals surface area contributed by atoms with Gasteiger partial charge in [-0.15, -0.1) is 0 Å². The molecule has 0 aliphatic carbocycles. The van der Waals surface area contributed by atoms with Gasteiger partial charge in [-0.2, -0.15) is 0 Å². The largest absolute Gasteiger partial charge is 0.494 e. The highest BCUT2D eigenvalue weighted by molar-refractivity contribution is 5.80. The molecule has 2 N–H and O–H groups in total. The number of rotatable bonds is 18. The monoisotopic (exact) mass is 454 g/mol. The summed E-state index contributed by atoms with van der Waals surface area (Å²) in [6.45, 7) is 4.20. The molecule has 33 heavy (non-hydrogen) atoms. The summed E-state index contributed by atoms with van der Waals surface area (Å²) < 4.78 is 11.7. The lowest BCUT2D eigenvalue weighted by molar-refractivity contribution is 0.278. The summed E-state index contributed by atoms with van der Waals surface area (Å²) in [5.74, 6) is 1.83. The first-order chi connectivity index (χ1) is 16.2. The Morgan fingerprint density at radius 2 is 1.03 bits per heavy atom. The molecule has 2 aromatic carbocycles. The number of aliphatic hydroxyl groups is 2.